The summed E-state index contributed by atoms with van der Waals surface area (Å²) in [6.07, 6.45) is 4.78. The maximum atomic E-state index is 14.5. The normalized spacial score (nSPS) is 18.0. The molecule has 0 bridgehead atoms. The van der Waals surface area contributed by atoms with Crippen molar-refractivity contribution in [3.8, 4) is 0 Å². The van der Waals surface area contributed by atoms with Crippen LogP contribution in [0.15, 0.2) is 84.9 Å². The first kappa shape index (κ1) is 62.6. The molecular formula is C63H91N7O8. The van der Waals surface area contributed by atoms with Crippen LogP contribution in [0.4, 0.5) is 0 Å². The molecule has 15 nitrogen and oxygen atoms in total. The molecule has 3 N–H and O–H groups in total. The largest absolute Gasteiger partial charge is 0.344 e. The molecular weight excluding hydrogens is 983 g/mol. The average molecular weight is 1070 g/mol. The van der Waals surface area contributed by atoms with Crippen molar-refractivity contribution in [1.82, 2.24) is 35.6 Å². The highest BCUT2D eigenvalue weighted by molar-refractivity contribution is 6.01. The predicted octanol–water partition coefficient (Wildman–Crippen LogP) is 7.94. The van der Waals surface area contributed by atoms with E-state index >= 15 is 0 Å². The molecule has 3 aromatic carbocycles. The van der Waals surface area contributed by atoms with Crippen molar-refractivity contribution in [2.45, 2.75) is 164 Å². The third-order valence-electron chi connectivity index (χ3n) is 16.1. The summed E-state index contributed by atoms with van der Waals surface area (Å²) >= 11 is 0. The van der Waals surface area contributed by atoms with Gasteiger partial charge in [-0.1, -0.05) is 135 Å². The molecule has 0 radical (unpaired) electrons. The molecule has 0 aliphatic carbocycles. The lowest BCUT2D eigenvalue weighted by molar-refractivity contribution is -0.144. The number of rotatable bonds is 26. The van der Waals surface area contributed by atoms with Gasteiger partial charge in [0, 0.05) is 93.1 Å². The summed E-state index contributed by atoms with van der Waals surface area (Å²) in [4.78, 5) is 119. The van der Waals surface area contributed by atoms with Crippen LogP contribution >= 0.6 is 0 Å². The van der Waals surface area contributed by atoms with Crippen molar-refractivity contribution >= 4 is 47.0 Å². The molecule has 0 aromatic heterocycles. The van der Waals surface area contributed by atoms with Gasteiger partial charge in [-0.3, -0.25) is 38.4 Å². The van der Waals surface area contributed by atoms with Crippen LogP contribution in [0.2, 0.25) is 0 Å². The number of nitrogens with one attached hydrogen (secondary N) is 3. The first-order chi connectivity index (χ1) is 36.8. The molecule has 2 saturated heterocycles. The van der Waals surface area contributed by atoms with E-state index in [4.69, 9.17) is 0 Å². The Hall–Kier alpha value is -6.22. The van der Waals surface area contributed by atoms with Crippen LogP contribution in [-0.2, 0) is 41.6 Å². The van der Waals surface area contributed by atoms with Gasteiger partial charge in [-0.25, -0.2) is 0 Å². The van der Waals surface area contributed by atoms with E-state index in [2.05, 4.69) is 16.0 Å². The Morgan fingerprint density at radius 1 is 0.590 bits per heavy atom. The molecule has 0 spiro atoms. The molecule has 2 heterocycles. The number of hydrogen-bond acceptors (Lipinski definition) is 9. The first-order valence-electron chi connectivity index (χ1n) is 28.5. The number of benzene rings is 3. The second-order valence-corrected chi connectivity index (χ2v) is 24.2. The Bertz CT molecular complexity index is 2330. The van der Waals surface area contributed by atoms with Crippen LogP contribution in [0.25, 0.3) is 0 Å². The van der Waals surface area contributed by atoms with E-state index in [0.29, 0.717) is 63.8 Å². The first-order valence-corrected chi connectivity index (χ1v) is 28.5. The van der Waals surface area contributed by atoms with Gasteiger partial charge < -0.3 is 35.6 Å². The fourth-order valence-electron chi connectivity index (χ4n) is 10.5. The van der Waals surface area contributed by atoms with Gasteiger partial charge in [-0.15, -0.1) is 0 Å². The minimum Gasteiger partial charge on any atom is -0.344 e. The molecule has 1 unspecified atom stereocenters. The van der Waals surface area contributed by atoms with E-state index in [0.717, 1.165) is 24.0 Å². The standard InChI is InChI=1S/C63H91N7O8/c1-13-42(2)56(73)66-55(63(9,10)11)61(78)70-35-21-27-51(70)40-67(36-32-46-22-16-14-17-23-46)58(75)43(3)38-54(72)48-28-30-49(31-29-48)57(74)65-45(5)59(76)68(37-33-47-24-18-15-19-25-47)41-50-26-20-34-69(50)60(77)52(62(6,7)8)39-53(71)44(4)64-12/h14-19,22-25,28-31,42-45,50-52,55,64H,13,20-21,26-27,32-41H2,1-12H3,(H,65,74)(H,66,73)/t42-,43+,44+,45-,50?,51+,52-,55-/m1/s1. The number of hydrogen-bond donors (Lipinski definition) is 3. The fourth-order valence-corrected chi connectivity index (χ4v) is 10.5. The van der Waals surface area contributed by atoms with E-state index in [9.17, 15) is 38.4 Å². The number of ketones is 2. The molecule has 0 saturated carbocycles. The molecule has 78 heavy (non-hydrogen) atoms. The summed E-state index contributed by atoms with van der Waals surface area (Å²) in [5, 5.41) is 8.92. The highest BCUT2D eigenvalue weighted by Gasteiger charge is 2.43. The monoisotopic (exact) mass is 1070 g/mol. The molecule has 2 aliphatic rings. The second-order valence-electron chi connectivity index (χ2n) is 24.2. The summed E-state index contributed by atoms with van der Waals surface area (Å²) < 4.78 is 0. The number of nitrogens with zero attached hydrogens (tertiary/aromatic N) is 4. The second kappa shape index (κ2) is 28.6. The van der Waals surface area contributed by atoms with Gasteiger partial charge in [0.2, 0.25) is 29.5 Å². The zero-order valence-corrected chi connectivity index (χ0v) is 48.9. The van der Waals surface area contributed by atoms with Crippen LogP contribution in [0, 0.1) is 28.6 Å². The number of amides is 6. The zero-order valence-electron chi connectivity index (χ0n) is 48.9. The molecule has 2 fully saturated rings. The van der Waals surface area contributed by atoms with Gasteiger partial charge in [0.05, 0.1) is 6.04 Å². The van der Waals surface area contributed by atoms with E-state index in [1.807, 2.05) is 126 Å². The van der Waals surface area contributed by atoms with Crippen molar-refractivity contribution in [1.29, 1.82) is 0 Å². The number of carbonyl (C=O) groups excluding carboxylic acids is 8. The van der Waals surface area contributed by atoms with Crippen LogP contribution in [0.3, 0.4) is 0 Å². The van der Waals surface area contributed by atoms with Crippen LogP contribution in [-0.4, -0.2) is 143 Å². The number of carbonyl (C=O) groups is 8. The zero-order chi connectivity index (χ0) is 57.5. The highest BCUT2D eigenvalue weighted by atomic mass is 16.2. The van der Waals surface area contributed by atoms with Gasteiger partial charge >= 0.3 is 0 Å². The number of likely N-dealkylation sites (N-methyl/N-ethyl adjacent to an activating group) is 1. The van der Waals surface area contributed by atoms with Crippen molar-refractivity contribution in [3.05, 3.63) is 107 Å². The lowest BCUT2D eigenvalue weighted by atomic mass is 9.76. The van der Waals surface area contributed by atoms with Gasteiger partial charge in [-0.2, -0.15) is 0 Å². The Balaban J connectivity index is 1.26. The van der Waals surface area contributed by atoms with Gasteiger partial charge in [0.15, 0.2) is 5.78 Å². The van der Waals surface area contributed by atoms with E-state index in [1.165, 1.54) is 0 Å². The Labute approximate surface area is 465 Å². The van der Waals surface area contributed by atoms with Crippen LogP contribution in [0.5, 0.6) is 0 Å². The van der Waals surface area contributed by atoms with Crippen LogP contribution < -0.4 is 16.0 Å². The summed E-state index contributed by atoms with van der Waals surface area (Å²) in [7, 11) is 1.73. The summed E-state index contributed by atoms with van der Waals surface area (Å²) in [6.45, 7) is 23.1. The van der Waals surface area contributed by atoms with E-state index < -0.39 is 40.7 Å². The Morgan fingerprint density at radius 3 is 1.55 bits per heavy atom. The minimum absolute atomic E-state index is 0.0260. The van der Waals surface area contributed by atoms with Gasteiger partial charge in [0.25, 0.3) is 5.91 Å². The SMILES string of the molecule is CC[C@@H](C)C(=O)N[C@H](C(=O)N1CCC[C@H]1CN(CCc1ccccc1)C(=O)[C@@H](C)CC(=O)c1ccc(C(=O)N[C@H](C)C(=O)N(CCc2ccccc2)CC2CCCN2C(=O)[C@@H](CC(=O)[C@H](C)NC)C(C)(C)C)cc1)C(C)(C)C. The number of likely N-dealkylation sites (tertiary alicyclic amines) is 2. The van der Waals surface area contributed by atoms with Crippen molar-refractivity contribution in [3.63, 3.8) is 0 Å². The average Bonchev–Trinajstić information content (AvgIpc) is 4.10. The smallest absolute Gasteiger partial charge is 0.251 e. The van der Waals surface area contributed by atoms with Crippen molar-refractivity contribution in [2.75, 3.05) is 46.3 Å². The molecule has 6 amide bonds. The van der Waals surface area contributed by atoms with Crippen molar-refractivity contribution in [2.24, 2.45) is 28.6 Å². The van der Waals surface area contributed by atoms with E-state index in [1.54, 1.807) is 61.9 Å². The maximum Gasteiger partial charge on any atom is 0.251 e. The lowest BCUT2D eigenvalue weighted by Gasteiger charge is -2.38. The maximum absolute atomic E-state index is 14.5. The Morgan fingerprint density at radius 2 is 1.08 bits per heavy atom. The molecule has 3 aromatic rings. The topological polar surface area (TPSA) is 186 Å². The third-order valence-corrected chi connectivity index (χ3v) is 16.1. The third kappa shape index (κ3) is 17.4. The molecule has 5 rings (SSSR count). The molecule has 15 heteroatoms. The fraction of sp³-hybridized carbons (Fsp3) is 0.587. The van der Waals surface area contributed by atoms with Gasteiger partial charge in [0.1, 0.15) is 17.9 Å². The number of Topliss-reactive ketones (excluding diaryl/α,β-unsaturated/α-hetero) is 2. The quantitative estimate of drug-likeness (QED) is 0.0672. The van der Waals surface area contributed by atoms with Crippen LogP contribution in [0.1, 0.15) is 153 Å². The predicted molar refractivity (Wildman–Crippen MR) is 306 cm³/mol. The Kier molecular flexibility index (Phi) is 23.0. The summed E-state index contributed by atoms with van der Waals surface area (Å²) in [6, 6.07) is 23.4. The minimum atomic E-state index is -0.926. The molecule has 426 valence electrons. The summed E-state index contributed by atoms with van der Waals surface area (Å²) in [5.74, 6) is -3.15. The van der Waals surface area contributed by atoms with E-state index in [-0.39, 0.29) is 96.6 Å². The molecule has 8 atom stereocenters. The van der Waals surface area contributed by atoms with Gasteiger partial charge in [-0.05, 0) is 99.9 Å². The summed E-state index contributed by atoms with van der Waals surface area (Å²) in [5.41, 5.74) is 1.67. The highest BCUT2D eigenvalue weighted by Crippen LogP contribution is 2.34. The van der Waals surface area contributed by atoms with Crippen molar-refractivity contribution < 1.29 is 38.4 Å². The lowest BCUT2D eigenvalue weighted by Crippen LogP contribution is -2.58. The molecule has 2 aliphatic heterocycles.